The number of nitrogens with one attached hydrogen (secondary N) is 1. The topological polar surface area (TPSA) is 49.4 Å². The van der Waals surface area contributed by atoms with Crippen molar-refractivity contribution in [2.45, 2.75) is 57.5 Å². The zero-order chi connectivity index (χ0) is 22.5. The molecule has 32 heavy (non-hydrogen) atoms. The molecule has 4 aliphatic carbocycles. The number of alkyl halides is 3. The van der Waals surface area contributed by atoms with Gasteiger partial charge >= 0.3 is 6.18 Å². The predicted octanol–water partition coefficient (Wildman–Crippen LogP) is 4.89. The van der Waals surface area contributed by atoms with Crippen LogP contribution in [-0.4, -0.2) is 36.3 Å². The molecule has 4 saturated carbocycles. The van der Waals surface area contributed by atoms with Gasteiger partial charge in [0, 0.05) is 31.1 Å². The van der Waals surface area contributed by atoms with E-state index in [1.165, 1.54) is 50.7 Å². The van der Waals surface area contributed by atoms with Crippen molar-refractivity contribution in [1.29, 1.82) is 0 Å². The quantitative estimate of drug-likeness (QED) is 0.713. The van der Waals surface area contributed by atoms with Gasteiger partial charge in [0.2, 0.25) is 5.91 Å². The number of hydrogen-bond donors (Lipinski definition) is 1. The number of nitrogens with zero attached hydrogens (tertiary/aromatic N) is 1. The van der Waals surface area contributed by atoms with E-state index >= 15 is 0 Å². The third-order valence-corrected chi connectivity index (χ3v) is 8.41. The van der Waals surface area contributed by atoms with Crippen LogP contribution in [-0.2, 0) is 11.0 Å². The number of amides is 2. The first-order valence-electron chi connectivity index (χ1n) is 11.9. The van der Waals surface area contributed by atoms with Gasteiger partial charge in [-0.05, 0) is 98.8 Å². The van der Waals surface area contributed by atoms with Gasteiger partial charge in [0.05, 0.1) is 5.56 Å². The Kier molecular flexibility index (Phi) is 5.49. The van der Waals surface area contributed by atoms with Crippen LogP contribution in [0.25, 0.3) is 0 Å². The van der Waals surface area contributed by atoms with Crippen LogP contribution in [0, 0.1) is 29.1 Å². The van der Waals surface area contributed by atoms with Gasteiger partial charge in [0.15, 0.2) is 0 Å². The number of halogens is 3. The molecule has 174 valence electrons. The summed E-state index contributed by atoms with van der Waals surface area (Å²) in [6.45, 7) is 1.70. The Balaban J connectivity index is 1.11. The lowest BCUT2D eigenvalue weighted by atomic mass is 9.49. The van der Waals surface area contributed by atoms with Crippen molar-refractivity contribution in [2.24, 2.45) is 29.1 Å². The van der Waals surface area contributed by atoms with Gasteiger partial charge in [0.25, 0.3) is 5.91 Å². The van der Waals surface area contributed by atoms with Crippen molar-refractivity contribution in [3.8, 4) is 0 Å². The van der Waals surface area contributed by atoms with E-state index in [2.05, 4.69) is 5.32 Å². The van der Waals surface area contributed by atoms with Gasteiger partial charge in [-0.2, -0.15) is 13.2 Å². The average Bonchev–Trinajstić information content (AvgIpc) is 2.76. The number of benzene rings is 1. The number of piperidine rings is 1. The number of hydrogen-bond acceptors (Lipinski definition) is 2. The van der Waals surface area contributed by atoms with Gasteiger partial charge in [-0.3, -0.25) is 9.59 Å². The number of rotatable bonds is 4. The molecule has 0 spiro atoms. The highest BCUT2D eigenvalue weighted by Gasteiger charge is 2.50. The Hall–Kier alpha value is -2.05. The second-order valence-corrected chi connectivity index (χ2v) is 10.8. The Morgan fingerprint density at radius 2 is 1.47 bits per heavy atom. The molecular weight excluding hydrogens is 417 g/mol. The van der Waals surface area contributed by atoms with Crippen LogP contribution < -0.4 is 5.32 Å². The van der Waals surface area contributed by atoms with E-state index in [0.29, 0.717) is 31.3 Å². The Morgan fingerprint density at radius 1 is 0.938 bits per heavy atom. The fourth-order valence-corrected chi connectivity index (χ4v) is 7.25. The van der Waals surface area contributed by atoms with Crippen molar-refractivity contribution < 1.29 is 22.8 Å². The van der Waals surface area contributed by atoms with E-state index in [-0.39, 0.29) is 23.3 Å². The van der Waals surface area contributed by atoms with Gasteiger partial charge in [-0.1, -0.05) is 0 Å². The van der Waals surface area contributed by atoms with Crippen molar-refractivity contribution >= 4 is 11.8 Å². The predicted molar refractivity (Wildman–Crippen MR) is 114 cm³/mol. The zero-order valence-electron chi connectivity index (χ0n) is 18.3. The summed E-state index contributed by atoms with van der Waals surface area (Å²) in [6, 6.07) is 4.35. The van der Waals surface area contributed by atoms with Gasteiger partial charge in [-0.25, -0.2) is 0 Å². The summed E-state index contributed by atoms with van der Waals surface area (Å²) in [5.74, 6) is 2.31. The number of likely N-dealkylation sites (tertiary alicyclic amines) is 1. The van der Waals surface area contributed by atoms with Crippen LogP contribution in [0.15, 0.2) is 24.3 Å². The minimum atomic E-state index is -4.41. The second kappa shape index (κ2) is 8.07. The minimum absolute atomic E-state index is 0.0967. The number of carbonyl (C=O) groups excluding carboxylic acids is 2. The first-order chi connectivity index (χ1) is 15.2. The SMILES string of the molecule is O=C(NCC12CC3CC(CC(C3)C1)C2)C1CCN(C(=O)c2ccc(C(F)(F)F)cc2)CC1. The highest BCUT2D eigenvalue weighted by molar-refractivity contribution is 5.94. The van der Waals surface area contributed by atoms with Gasteiger partial charge in [0.1, 0.15) is 0 Å². The zero-order valence-corrected chi connectivity index (χ0v) is 18.3. The summed E-state index contributed by atoms with van der Waals surface area (Å²) in [4.78, 5) is 27.2. The molecule has 1 aromatic rings. The van der Waals surface area contributed by atoms with E-state index in [0.717, 1.165) is 36.4 Å². The molecule has 0 aromatic heterocycles. The van der Waals surface area contributed by atoms with Crippen molar-refractivity contribution in [2.75, 3.05) is 19.6 Å². The molecule has 1 N–H and O–H groups in total. The summed E-state index contributed by atoms with van der Waals surface area (Å²) >= 11 is 0. The molecule has 5 aliphatic rings. The lowest BCUT2D eigenvalue weighted by Gasteiger charge is -2.57. The Bertz CT molecular complexity index is 837. The monoisotopic (exact) mass is 448 g/mol. The molecule has 0 radical (unpaired) electrons. The highest BCUT2D eigenvalue weighted by atomic mass is 19.4. The maximum Gasteiger partial charge on any atom is 0.416 e. The normalized spacial score (nSPS) is 32.2. The molecule has 5 fully saturated rings. The van der Waals surface area contributed by atoms with E-state index < -0.39 is 11.7 Å². The third-order valence-electron chi connectivity index (χ3n) is 8.41. The van der Waals surface area contributed by atoms with Crippen LogP contribution >= 0.6 is 0 Å². The Morgan fingerprint density at radius 3 is 1.97 bits per heavy atom. The van der Waals surface area contributed by atoms with Crippen LogP contribution in [0.5, 0.6) is 0 Å². The van der Waals surface area contributed by atoms with E-state index in [4.69, 9.17) is 0 Å². The van der Waals surface area contributed by atoms with Crippen molar-refractivity contribution in [1.82, 2.24) is 10.2 Å². The van der Waals surface area contributed by atoms with E-state index in [9.17, 15) is 22.8 Å². The third kappa shape index (κ3) is 4.27. The van der Waals surface area contributed by atoms with Gasteiger partial charge < -0.3 is 10.2 Å². The summed E-state index contributed by atoms with van der Waals surface area (Å²) in [6.07, 6.45) is 4.73. The van der Waals surface area contributed by atoms with Crippen molar-refractivity contribution in [3.05, 3.63) is 35.4 Å². The molecule has 1 heterocycles. The summed E-state index contributed by atoms with van der Waals surface area (Å²) in [5.41, 5.74) is -0.199. The minimum Gasteiger partial charge on any atom is -0.355 e. The molecule has 7 heteroatoms. The van der Waals surface area contributed by atoms with Crippen LogP contribution in [0.4, 0.5) is 13.2 Å². The van der Waals surface area contributed by atoms with E-state index in [1.54, 1.807) is 4.90 Å². The standard InChI is InChI=1S/C25H31F3N2O2/c26-25(27,28)21-3-1-20(2-4-21)23(32)30-7-5-19(6-8-30)22(31)29-15-24-12-16-9-17(13-24)11-18(10-16)14-24/h1-4,16-19H,5-15H2,(H,29,31). The van der Waals surface area contributed by atoms with Crippen LogP contribution in [0.1, 0.15) is 67.3 Å². The summed E-state index contributed by atoms with van der Waals surface area (Å²) < 4.78 is 38.2. The smallest absolute Gasteiger partial charge is 0.355 e. The molecule has 0 unspecified atom stereocenters. The molecule has 0 atom stereocenters. The number of carbonyl (C=O) groups is 2. The first kappa shape index (κ1) is 21.8. The second-order valence-electron chi connectivity index (χ2n) is 10.8. The molecule has 4 bridgehead atoms. The van der Waals surface area contributed by atoms with Crippen LogP contribution in [0.3, 0.4) is 0 Å². The fourth-order valence-electron chi connectivity index (χ4n) is 7.25. The first-order valence-corrected chi connectivity index (χ1v) is 11.9. The average molecular weight is 449 g/mol. The maximum absolute atomic E-state index is 12.8. The van der Waals surface area contributed by atoms with Crippen LogP contribution in [0.2, 0.25) is 0 Å². The van der Waals surface area contributed by atoms with Crippen molar-refractivity contribution in [3.63, 3.8) is 0 Å². The molecule has 2 amide bonds. The molecule has 1 saturated heterocycles. The summed E-state index contributed by atoms with van der Waals surface area (Å²) in [5, 5.41) is 3.26. The summed E-state index contributed by atoms with van der Waals surface area (Å²) in [7, 11) is 0. The molecule has 1 aromatic carbocycles. The maximum atomic E-state index is 12.8. The Labute approximate surface area is 186 Å². The largest absolute Gasteiger partial charge is 0.416 e. The fraction of sp³-hybridized carbons (Fsp3) is 0.680. The molecule has 4 nitrogen and oxygen atoms in total. The van der Waals surface area contributed by atoms with Gasteiger partial charge in [-0.15, -0.1) is 0 Å². The van der Waals surface area contributed by atoms with E-state index in [1.807, 2.05) is 0 Å². The molecule has 1 aliphatic heterocycles. The lowest BCUT2D eigenvalue weighted by molar-refractivity contribution is -0.137. The molecular formula is C25H31F3N2O2. The highest BCUT2D eigenvalue weighted by Crippen LogP contribution is 2.59. The lowest BCUT2D eigenvalue weighted by Crippen LogP contribution is -2.52. The molecule has 6 rings (SSSR count).